The van der Waals surface area contributed by atoms with Gasteiger partial charge in [0.15, 0.2) is 0 Å². The van der Waals surface area contributed by atoms with Crippen molar-refractivity contribution in [2.75, 3.05) is 26.4 Å². The molecule has 0 radical (unpaired) electrons. The lowest BCUT2D eigenvalue weighted by Crippen LogP contribution is -2.14. The van der Waals surface area contributed by atoms with E-state index in [1.165, 1.54) is 0 Å². The standard InChI is InChI=1S/C37H30O6S/c38-19-21-42-33-17-13-29-23-27(25-7-3-1-4-8-25)11-15-31(29)35(33)37(44(40)41)36-32-16-12-28(26-9-5-2-6-10-26)24-30(32)14-18-34(36)43-22-20-39/h1-18,23-24,38-39H,19-22H2. The van der Waals surface area contributed by atoms with Gasteiger partial charge in [0.1, 0.15) is 29.6 Å². The molecule has 0 heterocycles. The van der Waals surface area contributed by atoms with Crippen LogP contribution in [0.1, 0.15) is 11.1 Å². The van der Waals surface area contributed by atoms with Crippen molar-refractivity contribution >= 4 is 36.7 Å². The number of benzene rings is 6. The van der Waals surface area contributed by atoms with Gasteiger partial charge in [-0.15, -0.1) is 0 Å². The van der Waals surface area contributed by atoms with E-state index in [2.05, 4.69) is 0 Å². The Labute approximate surface area is 256 Å². The monoisotopic (exact) mass is 602 g/mol. The average molecular weight is 603 g/mol. The van der Waals surface area contributed by atoms with E-state index in [1.807, 2.05) is 109 Å². The summed E-state index contributed by atoms with van der Waals surface area (Å²) < 4.78 is 38.6. The van der Waals surface area contributed by atoms with Crippen molar-refractivity contribution in [3.8, 4) is 33.8 Å². The Morgan fingerprint density at radius 2 is 0.955 bits per heavy atom. The molecule has 0 fully saturated rings. The highest BCUT2D eigenvalue weighted by Gasteiger charge is 2.24. The van der Waals surface area contributed by atoms with Crippen LogP contribution in [-0.4, -0.2) is 49.9 Å². The third kappa shape index (κ3) is 5.81. The maximum atomic E-state index is 13.4. The highest BCUT2D eigenvalue weighted by Crippen LogP contribution is 2.38. The van der Waals surface area contributed by atoms with Gasteiger partial charge in [-0.25, -0.2) is 0 Å². The Bertz CT molecular complexity index is 1940. The van der Waals surface area contributed by atoms with Gasteiger partial charge < -0.3 is 19.7 Å². The van der Waals surface area contributed by atoms with Crippen LogP contribution < -0.4 is 9.47 Å². The molecule has 0 unspecified atom stereocenters. The summed E-state index contributed by atoms with van der Waals surface area (Å²) in [5.74, 6) is 0.647. The van der Waals surface area contributed by atoms with Gasteiger partial charge in [-0.1, -0.05) is 97.1 Å². The molecule has 6 rings (SSSR count). The van der Waals surface area contributed by atoms with Crippen molar-refractivity contribution in [1.29, 1.82) is 0 Å². The summed E-state index contributed by atoms with van der Waals surface area (Å²) in [5.41, 5.74) is 4.80. The second-order valence-corrected chi connectivity index (χ2v) is 11.1. The Balaban J connectivity index is 1.63. The van der Waals surface area contributed by atoms with E-state index in [4.69, 9.17) is 9.47 Å². The van der Waals surface area contributed by atoms with Crippen molar-refractivity contribution in [2.24, 2.45) is 0 Å². The summed E-state index contributed by atoms with van der Waals surface area (Å²) in [6.45, 7) is -0.490. The van der Waals surface area contributed by atoms with E-state index < -0.39 is 10.3 Å². The van der Waals surface area contributed by atoms with Crippen LogP contribution >= 0.6 is 0 Å². The largest absolute Gasteiger partial charge is 0.490 e. The zero-order valence-electron chi connectivity index (χ0n) is 23.8. The highest BCUT2D eigenvalue weighted by atomic mass is 32.2. The predicted octanol–water partition coefficient (Wildman–Crippen LogP) is 6.52. The summed E-state index contributed by atoms with van der Waals surface area (Å²) in [6.07, 6.45) is 0. The molecule has 0 atom stereocenters. The summed E-state index contributed by atoms with van der Waals surface area (Å²) in [6, 6.07) is 38.9. The zero-order valence-corrected chi connectivity index (χ0v) is 24.6. The lowest BCUT2D eigenvalue weighted by Gasteiger charge is -2.19. The minimum absolute atomic E-state index is 0.00185. The second-order valence-electron chi connectivity index (χ2n) is 10.2. The number of aliphatic hydroxyl groups excluding tert-OH is 2. The molecule has 0 aliphatic rings. The van der Waals surface area contributed by atoms with E-state index in [0.29, 0.717) is 33.4 Å². The number of fused-ring (bicyclic) bond motifs is 2. The topological polar surface area (TPSA) is 93.1 Å². The molecule has 0 aromatic heterocycles. The first kappa shape index (κ1) is 29.1. The Hall–Kier alpha value is -4.95. The number of aliphatic hydroxyl groups is 2. The summed E-state index contributed by atoms with van der Waals surface area (Å²) in [4.78, 5) is 0.00185. The van der Waals surface area contributed by atoms with Gasteiger partial charge in [0, 0.05) is 11.1 Å². The first-order valence-corrected chi connectivity index (χ1v) is 15.3. The molecular formula is C37H30O6S. The second kappa shape index (κ2) is 13.1. The fourth-order valence-electron chi connectivity index (χ4n) is 5.55. The molecule has 7 heteroatoms. The molecular weight excluding hydrogens is 572 g/mol. The predicted molar refractivity (Wildman–Crippen MR) is 176 cm³/mol. The molecule has 0 bridgehead atoms. The smallest absolute Gasteiger partial charge is 0.223 e. The molecule has 0 saturated carbocycles. The molecule has 0 aliphatic heterocycles. The fraction of sp³-hybridized carbons (Fsp3) is 0.108. The van der Waals surface area contributed by atoms with Crippen LogP contribution in [0.5, 0.6) is 11.5 Å². The number of ether oxygens (including phenoxy) is 2. The summed E-state index contributed by atoms with van der Waals surface area (Å²) in [7, 11) is -2.75. The molecule has 2 N–H and O–H groups in total. The van der Waals surface area contributed by atoms with Crippen molar-refractivity contribution < 1.29 is 28.1 Å². The SMILES string of the molecule is O=S(=O)=C(c1c(OCCO)ccc2cc(-c3ccccc3)ccc12)c1c(OCCO)ccc2cc(-c3ccccc3)ccc12. The minimum Gasteiger partial charge on any atom is -0.490 e. The van der Waals surface area contributed by atoms with Gasteiger partial charge >= 0.3 is 0 Å². The van der Waals surface area contributed by atoms with Crippen LogP contribution in [0.4, 0.5) is 0 Å². The first-order chi connectivity index (χ1) is 21.6. The van der Waals surface area contributed by atoms with Gasteiger partial charge in [-0.3, -0.25) is 0 Å². The zero-order chi connectivity index (χ0) is 30.5. The highest BCUT2D eigenvalue weighted by molar-refractivity contribution is 7.74. The van der Waals surface area contributed by atoms with E-state index in [9.17, 15) is 18.6 Å². The van der Waals surface area contributed by atoms with Crippen LogP contribution in [0.15, 0.2) is 121 Å². The van der Waals surface area contributed by atoms with E-state index in [-0.39, 0.29) is 31.3 Å². The third-order valence-corrected chi connectivity index (χ3v) is 8.24. The number of hydrogen-bond donors (Lipinski definition) is 2. The molecule has 0 amide bonds. The molecule has 6 nitrogen and oxygen atoms in total. The van der Waals surface area contributed by atoms with Crippen LogP contribution in [-0.2, 0) is 10.3 Å². The van der Waals surface area contributed by atoms with Crippen LogP contribution in [0.2, 0.25) is 0 Å². The van der Waals surface area contributed by atoms with Crippen LogP contribution in [0.3, 0.4) is 0 Å². The number of hydrogen-bond acceptors (Lipinski definition) is 6. The Morgan fingerprint density at radius 3 is 1.34 bits per heavy atom. The van der Waals surface area contributed by atoms with Crippen molar-refractivity contribution in [3.63, 3.8) is 0 Å². The lowest BCUT2D eigenvalue weighted by molar-refractivity contribution is 0.201. The van der Waals surface area contributed by atoms with E-state index in [1.54, 1.807) is 12.1 Å². The van der Waals surface area contributed by atoms with Gasteiger partial charge in [-0.05, 0) is 68.1 Å². The summed E-state index contributed by atoms with van der Waals surface area (Å²) >= 11 is 0. The normalized spacial score (nSPS) is 11.0. The third-order valence-electron chi connectivity index (χ3n) is 7.50. The molecule has 6 aromatic carbocycles. The van der Waals surface area contributed by atoms with Crippen molar-refractivity contribution in [3.05, 3.63) is 132 Å². The minimum atomic E-state index is -2.75. The van der Waals surface area contributed by atoms with Gasteiger partial charge in [0.2, 0.25) is 10.3 Å². The molecule has 0 spiro atoms. The van der Waals surface area contributed by atoms with Crippen molar-refractivity contribution in [1.82, 2.24) is 0 Å². The molecule has 44 heavy (non-hydrogen) atoms. The lowest BCUT2D eigenvalue weighted by atomic mass is 9.91. The first-order valence-electron chi connectivity index (χ1n) is 14.3. The number of rotatable bonds is 10. The molecule has 220 valence electrons. The van der Waals surface area contributed by atoms with Gasteiger partial charge in [0.25, 0.3) is 0 Å². The van der Waals surface area contributed by atoms with Crippen LogP contribution in [0, 0.1) is 0 Å². The van der Waals surface area contributed by atoms with Crippen LogP contribution in [0.25, 0.3) is 43.8 Å². The van der Waals surface area contributed by atoms with Gasteiger partial charge in [-0.2, -0.15) is 8.42 Å². The summed E-state index contributed by atoms with van der Waals surface area (Å²) in [5, 5.41) is 22.1. The maximum Gasteiger partial charge on any atom is 0.223 e. The molecule has 0 saturated heterocycles. The average Bonchev–Trinajstić information content (AvgIpc) is 3.07. The maximum absolute atomic E-state index is 13.4. The Morgan fingerprint density at radius 1 is 0.523 bits per heavy atom. The van der Waals surface area contributed by atoms with E-state index >= 15 is 0 Å². The Kier molecular flexibility index (Phi) is 8.70. The fourth-order valence-corrected chi connectivity index (χ4v) is 6.31. The van der Waals surface area contributed by atoms with E-state index in [0.717, 1.165) is 33.0 Å². The molecule has 0 aliphatic carbocycles. The molecule has 6 aromatic rings. The van der Waals surface area contributed by atoms with Crippen molar-refractivity contribution in [2.45, 2.75) is 0 Å². The quantitative estimate of drug-likeness (QED) is 0.137. The van der Waals surface area contributed by atoms with Gasteiger partial charge in [0.05, 0.1) is 13.2 Å².